The van der Waals surface area contributed by atoms with E-state index in [9.17, 15) is 21.6 Å². The number of allylic oxidation sites excluding steroid dienone is 2. The van der Waals surface area contributed by atoms with Gasteiger partial charge >= 0.3 is 6.18 Å². The summed E-state index contributed by atoms with van der Waals surface area (Å²) in [4.78, 5) is 8.86. The zero-order valence-electron chi connectivity index (χ0n) is 19.3. The highest BCUT2D eigenvalue weighted by Gasteiger charge is 2.35. The van der Waals surface area contributed by atoms with E-state index >= 15 is 0 Å². The van der Waals surface area contributed by atoms with E-state index in [0.717, 1.165) is 51.7 Å². The van der Waals surface area contributed by atoms with E-state index in [4.69, 9.17) is 4.99 Å². The molecule has 1 aromatic heterocycles. The minimum Gasteiger partial charge on any atom is -0.343 e. The Morgan fingerprint density at radius 1 is 1.16 bits per heavy atom. The van der Waals surface area contributed by atoms with Crippen LogP contribution in [0.4, 0.5) is 13.2 Å². The maximum absolute atomic E-state index is 13.1. The number of nitrogens with one attached hydrogen (secondary N) is 1. The van der Waals surface area contributed by atoms with Gasteiger partial charge in [0.05, 0.1) is 21.5 Å². The zero-order valence-corrected chi connectivity index (χ0v) is 23.8. The first-order valence-electron chi connectivity index (χ1n) is 11.4. The number of nitrogens with zero attached hydrogens (tertiary/aromatic N) is 4. The molecule has 4 heterocycles. The molecule has 0 atom stereocenters. The lowest BCUT2D eigenvalue weighted by molar-refractivity contribution is -0.137. The fraction of sp³-hybridized carbons (Fsp3) is 0.292. The first-order valence-corrected chi connectivity index (χ1v) is 15.8. The number of hydrogen-bond acceptors (Lipinski definition) is 5. The molecule has 0 spiro atoms. The Balaban J connectivity index is 1.31. The minimum atomic E-state index is -4.51. The van der Waals surface area contributed by atoms with Crippen molar-refractivity contribution in [2.75, 3.05) is 13.1 Å². The average molecular weight is 708 g/mol. The molecule has 2 aromatic rings. The Morgan fingerprint density at radius 2 is 1.89 bits per heavy atom. The molecule has 3 aliphatic heterocycles. The van der Waals surface area contributed by atoms with Crippen LogP contribution < -0.4 is 5.32 Å². The summed E-state index contributed by atoms with van der Waals surface area (Å²) in [6.07, 6.45) is 2.21. The number of aromatic nitrogens is 1. The van der Waals surface area contributed by atoms with Crippen LogP contribution in [-0.2, 0) is 22.7 Å². The normalized spacial score (nSPS) is 20.5. The standard InChI is InChI=1S/C24H22BrF3IN5O2S/c25-20-13-29-34-22(31-15-16-2-1-9-30-14-16)12-21(32-23(20)34)17-7-10-33(11-8-17)37(35,36)19-5-3-18(4-6-19)24(26,27)28/h1-6,9,12-14,17,32H,7-8,10-11,15H2. The number of hydrogen-bond donors (Lipinski definition) is 1. The van der Waals surface area contributed by atoms with Crippen LogP contribution in [0.5, 0.6) is 0 Å². The van der Waals surface area contributed by atoms with Gasteiger partial charge in [0.25, 0.3) is 0 Å². The minimum absolute atomic E-state index is 0.0939. The van der Waals surface area contributed by atoms with E-state index in [0.29, 0.717) is 19.4 Å². The van der Waals surface area contributed by atoms with Crippen LogP contribution in [0.25, 0.3) is 0 Å². The van der Waals surface area contributed by atoms with Crippen LogP contribution in [0.3, 0.4) is 0 Å². The highest BCUT2D eigenvalue weighted by atomic mass is 127. The Bertz CT molecular complexity index is 1400. The number of benzene rings is 1. The maximum Gasteiger partial charge on any atom is 0.416 e. The summed E-state index contributed by atoms with van der Waals surface area (Å²) in [5, 5.41) is 3.52. The lowest BCUT2D eigenvalue weighted by atomic mass is 9.93. The van der Waals surface area contributed by atoms with Crippen molar-refractivity contribution in [1.29, 1.82) is 0 Å². The molecule has 1 saturated heterocycles. The lowest BCUT2D eigenvalue weighted by Gasteiger charge is -2.36. The van der Waals surface area contributed by atoms with E-state index in [1.54, 1.807) is 12.4 Å². The molecule has 7 nitrogen and oxygen atoms in total. The quantitative estimate of drug-likeness (QED) is 0.344. The van der Waals surface area contributed by atoms with Crippen LogP contribution in [0.1, 0.15) is 24.0 Å². The van der Waals surface area contributed by atoms with Crippen molar-refractivity contribution < 1.29 is 21.6 Å². The van der Waals surface area contributed by atoms with Gasteiger partial charge in [-0.15, -0.1) is 0 Å². The number of amidine groups is 1. The molecule has 0 amide bonds. The first-order chi connectivity index (χ1) is 17.6. The summed E-state index contributed by atoms with van der Waals surface area (Å²) in [6, 6.07) is 7.53. The van der Waals surface area contributed by atoms with Crippen LogP contribution in [-0.4, -0.2) is 43.8 Å². The topological polar surface area (TPSA) is 77.9 Å². The Kier molecular flexibility index (Phi) is 7.58. The van der Waals surface area contributed by atoms with Crippen molar-refractivity contribution >= 4 is 56.8 Å². The molecule has 0 saturated carbocycles. The Hall–Kier alpha value is -2.10. The van der Waals surface area contributed by atoms with E-state index < -0.39 is 42.8 Å². The molecule has 0 aliphatic carbocycles. The van der Waals surface area contributed by atoms with Crippen molar-refractivity contribution in [2.24, 2.45) is 10.9 Å². The summed E-state index contributed by atoms with van der Waals surface area (Å²) in [7, 11) is -3.88. The molecule has 3 aliphatic rings. The Labute approximate surface area is 231 Å². The summed E-state index contributed by atoms with van der Waals surface area (Å²) >= 11 is 3.23. The number of sulfonamides is 1. The van der Waals surface area contributed by atoms with Crippen LogP contribution in [0.2, 0.25) is 0 Å². The number of fused-ring (bicyclic) bond motifs is 1. The summed E-state index contributed by atoms with van der Waals surface area (Å²) in [6.45, 7) is 1.05. The number of pyridine rings is 1. The van der Waals surface area contributed by atoms with Gasteiger partial charge in [0.1, 0.15) is 11.7 Å². The molecule has 13 heteroatoms. The van der Waals surface area contributed by atoms with Crippen molar-refractivity contribution in [2.45, 2.75) is 30.5 Å². The molecule has 1 N–H and O–H groups in total. The van der Waals surface area contributed by atoms with Crippen LogP contribution >= 0.6 is 36.9 Å². The first kappa shape index (κ1) is 26.5. The zero-order chi connectivity index (χ0) is 26.2. The predicted molar refractivity (Wildman–Crippen MR) is 147 cm³/mol. The van der Waals surface area contributed by atoms with E-state index in [-0.39, 0.29) is 23.9 Å². The van der Waals surface area contributed by atoms with Gasteiger partial charge in [0, 0.05) is 68.2 Å². The fourth-order valence-corrected chi connectivity index (χ4v) is 8.94. The lowest BCUT2D eigenvalue weighted by Crippen LogP contribution is -2.42. The molecule has 5 rings (SSSR count). The van der Waals surface area contributed by atoms with E-state index in [1.807, 2.05) is 18.2 Å². The molecular formula is C24H22BrF3IN5O2S. The van der Waals surface area contributed by atoms with Crippen molar-refractivity contribution in [3.63, 3.8) is 0 Å². The predicted octanol–water partition coefficient (Wildman–Crippen LogP) is 5.15. The third-order valence-electron chi connectivity index (χ3n) is 6.27. The van der Waals surface area contributed by atoms with Gasteiger partial charge in [-0.05, 0) is 64.7 Å². The molecular weight excluding hydrogens is 686 g/mol. The molecule has 0 unspecified atom stereocenters. The molecule has 0 radical (unpaired) electrons. The second-order valence-corrected chi connectivity index (χ2v) is 13.6. The van der Waals surface area contributed by atoms with Gasteiger partial charge in [0.15, 0.2) is 0 Å². The number of rotatable bonds is 5. The van der Waals surface area contributed by atoms with Gasteiger partial charge in [-0.25, -0.2) is 8.42 Å². The number of aliphatic imine (C=N–C) groups is 1. The van der Waals surface area contributed by atoms with Gasteiger partial charge < -0.3 is 5.32 Å². The number of piperidine rings is 1. The molecule has 0 bridgehead atoms. The second kappa shape index (κ2) is 10.6. The van der Waals surface area contributed by atoms with Gasteiger partial charge in [0.2, 0.25) is 10.0 Å². The maximum atomic E-state index is 13.1. The van der Waals surface area contributed by atoms with Gasteiger partial charge in [-0.3, -0.25) is 13.1 Å². The van der Waals surface area contributed by atoms with Crippen LogP contribution in [0.15, 0.2) is 80.8 Å². The van der Waals surface area contributed by atoms with Crippen molar-refractivity contribution in [3.8, 4) is 0 Å². The molecule has 1 aromatic carbocycles. The second-order valence-electron chi connectivity index (χ2n) is 8.64. The summed E-state index contributed by atoms with van der Waals surface area (Å²) < 4.78 is 71.4. The summed E-state index contributed by atoms with van der Waals surface area (Å²) in [5.74, 6) is 1.91. The van der Waals surface area contributed by atoms with E-state index in [2.05, 4.69) is 33.4 Å². The molecule has 1 fully saturated rings. The fourth-order valence-electron chi connectivity index (χ4n) is 4.29. The third-order valence-corrected chi connectivity index (χ3v) is 12.1. The Morgan fingerprint density at radius 3 is 2.54 bits per heavy atom. The smallest absolute Gasteiger partial charge is 0.343 e. The molecule has 37 heavy (non-hydrogen) atoms. The van der Waals surface area contributed by atoms with Gasteiger partial charge in [-0.1, -0.05) is 6.07 Å². The largest absolute Gasteiger partial charge is 0.416 e. The van der Waals surface area contributed by atoms with Crippen molar-refractivity contribution in [3.05, 3.63) is 82.0 Å². The van der Waals surface area contributed by atoms with Gasteiger partial charge in [-0.2, -0.15) is 17.5 Å². The number of halogens is 5. The SMILES string of the molecule is O=S(=O)(c1ccc(C(F)(F)F)cc1)N1CCC(C2=CC(=NCc3cccnc3)N3I=CC(Br)=C3N2)CC1. The highest BCUT2D eigenvalue weighted by Crippen LogP contribution is 2.37. The third kappa shape index (κ3) is 5.68. The van der Waals surface area contributed by atoms with Crippen LogP contribution in [0, 0.1) is 5.92 Å². The molecule has 196 valence electrons. The average Bonchev–Trinajstić information content (AvgIpc) is 3.28. The summed E-state index contributed by atoms with van der Waals surface area (Å²) in [5.41, 5.74) is 1.12. The highest BCUT2D eigenvalue weighted by molar-refractivity contribution is 14.2. The number of alkyl halides is 3. The van der Waals surface area contributed by atoms with E-state index in [1.165, 1.54) is 4.31 Å². The monoisotopic (exact) mass is 707 g/mol. The van der Waals surface area contributed by atoms with Crippen molar-refractivity contribution in [1.82, 2.24) is 17.7 Å².